The van der Waals surface area contributed by atoms with E-state index in [1.54, 1.807) is 32.4 Å². The largest absolute Gasteiger partial charge is 0.496 e. The van der Waals surface area contributed by atoms with Gasteiger partial charge in [-0.1, -0.05) is 59.6 Å². The molecule has 50 heavy (non-hydrogen) atoms. The van der Waals surface area contributed by atoms with Crippen LogP contribution in [0.2, 0.25) is 10.0 Å². The van der Waals surface area contributed by atoms with Gasteiger partial charge in [-0.05, 0) is 84.2 Å². The molecule has 4 aromatic rings. The number of rotatable bonds is 19. The molecule has 3 N–H and O–H groups in total. The van der Waals surface area contributed by atoms with Gasteiger partial charge >= 0.3 is 11.9 Å². The first-order chi connectivity index (χ1) is 24.0. The van der Waals surface area contributed by atoms with Gasteiger partial charge in [-0.25, -0.2) is 0 Å². The van der Waals surface area contributed by atoms with E-state index in [1.807, 2.05) is 30.3 Å². The number of nitrogens with one attached hydrogen (secondary N) is 1. The molecule has 0 radical (unpaired) electrons. The molecule has 9 nitrogen and oxygen atoms in total. The van der Waals surface area contributed by atoms with Crippen LogP contribution in [0.25, 0.3) is 11.1 Å². The fraction of sp³-hybridized carbons (Fsp3) is 0.333. The molecule has 4 aromatic carbocycles. The molecule has 0 aliphatic rings. The summed E-state index contributed by atoms with van der Waals surface area (Å²) in [6.45, 7) is 5.47. The summed E-state index contributed by atoms with van der Waals surface area (Å²) in [6.07, 6.45) is 2.10. The normalized spacial score (nSPS) is 10.9. The minimum atomic E-state index is -0.864. The van der Waals surface area contributed by atoms with Gasteiger partial charge in [0.1, 0.15) is 36.2 Å². The van der Waals surface area contributed by atoms with E-state index in [2.05, 4.69) is 31.3 Å². The van der Waals surface area contributed by atoms with Crippen LogP contribution in [-0.4, -0.2) is 42.9 Å². The average molecular weight is 725 g/mol. The third-order valence-electron chi connectivity index (χ3n) is 8.54. The molecule has 0 amide bonds. The first kappa shape index (κ1) is 38.4. The van der Waals surface area contributed by atoms with Gasteiger partial charge < -0.3 is 34.5 Å². The molecule has 4 rings (SSSR count). The summed E-state index contributed by atoms with van der Waals surface area (Å²) in [4.78, 5) is 21.7. The number of halogens is 2. The molecule has 0 aliphatic carbocycles. The van der Waals surface area contributed by atoms with E-state index in [-0.39, 0.29) is 19.4 Å². The number of aryl methyl sites for hydroxylation is 1. The number of methoxy groups -OCH3 is 2. The summed E-state index contributed by atoms with van der Waals surface area (Å²) in [5.74, 6) is 0.575. The lowest BCUT2D eigenvalue weighted by atomic mass is 9.92. The number of hydrogen-bond donors (Lipinski definition) is 3. The van der Waals surface area contributed by atoms with Crippen molar-refractivity contribution in [2.24, 2.45) is 0 Å². The van der Waals surface area contributed by atoms with Crippen molar-refractivity contribution in [1.29, 1.82) is 0 Å². The van der Waals surface area contributed by atoms with Crippen LogP contribution in [0.1, 0.15) is 59.1 Å². The summed E-state index contributed by atoms with van der Waals surface area (Å²) >= 11 is 13.2. The Labute approximate surface area is 303 Å². The second-order valence-electron chi connectivity index (χ2n) is 11.9. The van der Waals surface area contributed by atoms with Crippen LogP contribution in [0.5, 0.6) is 23.0 Å². The topological polar surface area (TPSA) is 124 Å². The molecule has 0 aliphatic heterocycles. The quantitative estimate of drug-likeness (QED) is 0.0815. The Bertz CT molecular complexity index is 1680. The molecule has 11 heteroatoms. The van der Waals surface area contributed by atoms with Crippen molar-refractivity contribution in [2.45, 2.75) is 65.7 Å². The molecule has 0 aromatic heterocycles. The smallest absolute Gasteiger partial charge is 0.304 e. The van der Waals surface area contributed by atoms with Crippen molar-refractivity contribution in [3.63, 3.8) is 0 Å². The van der Waals surface area contributed by atoms with Crippen LogP contribution in [-0.2, 0) is 35.8 Å². The number of carboxylic acid groups (broad SMARTS) is 2. The molecule has 0 spiro atoms. The van der Waals surface area contributed by atoms with Gasteiger partial charge in [0.2, 0.25) is 0 Å². The second kappa shape index (κ2) is 18.5. The SMILES string of the molecule is COc1cc(OCc2cccc(-c3cccc(COc4cc(OC)c(CNCCC(=O)O)cc4Cl)c3C)c2C)c(Cl)cc1CCCCC(=O)O. The van der Waals surface area contributed by atoms with Gasteiger partial charge in [0, 0.05) is 37.2 Å². The predicted octanol–water partition coefficient (Wildman–Crippen LogP) is 8.81. The Morgan fingerprint density at radius 3 is 1.66 bits per heavy atom. The Morgan fingerprint density at radius 2 is 1.16 bits per heavy atom. The van der Waals surface area contributed by atoms with Crippen LogP contribution in [0.3, 0.4) is 0 Å². The third-order valence-corrected chi connectivity index (χ3v) is 9.13. The first-order valence-corrected chi connectivity index (χ1v) is 17.1. The van der Waals surface area contributed by atoms with Gasteiger partial charge in [-0.2, -0.15) is 0 Å². The van der Waals surface area contributed by atoms with Crippen molar-refractivity contribution >= 4 is 35.1 Å². The standard InChI is InChI=1S/C39H43Cl2NO8/c1-24-27(22-49-36-19-34(47-3)26(17-32(36)40)9-5-6-14-38(43)44)10-7-12-30(24)31-13-8-11-28(25(31)2)23-50-37-20-35(48-4)29(18-33(37)41)21-42-16-15-39(45)46/h7-8,10-13,17-20,42H,5-6,9,14-16,21-23H2,1-4H3,(H,43,44)(H,45,46). The summed E-state index contributed by atoms with van der Waals surface area (Å²) in [6, 6.07) is 19.4. The number of aliphatic carboxylic acids is 2. The second-order valence-corrected chi connectivity index (χ2v) is 12.7. The minimum absolute atomic E-state index is 0.0209. The highest BCUT2D eigenvalue weighted by atomic mass is 35.5. The highest BCUT2D eigenvalue weighted by Crippen LogP contribution is 2.37. The number of unbranched alkanes of at least 4 members (excludes halogenated alkanes) is 1. The molecule has 0 fully saturated rings. The number of benzene rings is 4. The monoisotopic (exact) mass is 723 g/mol. The third kappa shape index (κ3) is 10.3. The summed E-state index contributed by atoms with van der Waals surface area (Å²) in [5, 5.41) is 21.8. The van der Waals surface area contributed by atoms with E-state index in [4.69, 9.17) is 52.4 Å². The molecular formula is C39H43Cl2NO8. The minimum Gasteiger partial charge on any atom is -0.496 e. The lowest BCUT2D eigenvalue weighted by molar-refractivity contribution is -0.138. The zero-order valence-corrected chi connectivity index (χ0v) is 30.2. The fourth-order valence-corrected chi connectivity index (χ4v) is 6.15. The highest BCUT2D eigenvalue weighted by Gasteiger charge is 2.16. The average Bonchev–Trinajstić information content (AvgIpc) is 3.08. The molecule has 266 valence electrons. The maximum Gasteiger partial charge on any atom is 0.304 e. The Hall–Kier alpha value is -4.44. The summed E-state index contributed by atoms with van der Waals surface area (Å²) in [5.41, 5.74) is 8.02. The molecule has 0 heterocycles. The molecule has 0 bridgehead atoms. The van der Waals surface area contributed by atoms with Crippen LogP contribution in [0, 0.1) is 13.8 Å². The van der Waals surface area contributed by atoms with Crippen molar-refractivity contribution < 1.29 is 38.7 Å². The van der Waals surface area contributed by atoms with Crippen LogP contribution < -0.4 is 24.3 Å². The maximum atomic E-state index is 10.8. The van der Waals surface area contributed by atoms with Gasteiger partial charge in [0.25, 0.3) is 0 Å². The van der Waals surface area contributed by atoms with Gasteiger partial charge in [-0.3, -0.25) is 9.59 Å². The fourth-order valence-electron chi connectivity index (χ4n) is 5.67. The predicted molar refractivity (Wildman–Crippen MR) is 195 cm³/mol. The Morgan fingerprint density at radius 1 is 0.660 bits per heavy atom. The lowest BCUT2D eigenvalue weighted by Crippen LogP contribution is -2.18. The number of hydrogen-bond acceptors (Lipinski definition) is 7. The first-order valence-electron chi connectivity index (χ1n) is 16.3. The van der Waals surface area contributed by atoms with Crippen molar-refractivity contribution in [1.82, 2.24) is 5.32 Å². The van der Waals surface area contributed by atoms with E-state index in [1.165, 1.54) is 0 Å². The van der Waals surface area contributed by atoms with Crippen LogP contribution in [0.15, 0.2) is 60.7 Å². The number of carbonyl (C=O) groups is 2. The molecule has 0 unspecified atom stereocenters. The Kier molecular flexibility index (Phi) is 14.2. The van der Waals surface area contributed by atoms with Crippen molar-refractivity contribution in [3.8, 4) is 34.1 Å². The molecule has 0 atom stereocenters. The highest BCUT2D eigenvalue weighted by molar-refractivity contribution is 6.32. The van der Waals surface area contributed by atoms with E-state index >= 15 is 0 Å². The van der Waals surface area contributed by atoms with Crippen LogP contribution in [0.4, 0.5) is 0 Å². The van der Waals surface area contributed by atoms with Gasteiger partial charge in [0.05, 0.1) is 30.7 Å². The Balaban J connectivity index is 1.46. The lowest BCUT2D eigenvalue weighted by Gasteiger charge is -2.18. The molecule has 0 saturated carbocycles. The van der Waals surface area contributed by atoms with Gasteiger partial charge in [-0.15, -0.1) is 0 Å². The zero-order chi connectivity index (χ0) is 36.2. The summed E-state index contributed by atoms with van der Waals surface area (Å²) < 4.78 is 23.5. The van der Waals surface area contributed by atoms with E-state index in [9.17, 15) is 9.59 Å². The van der Waals surface area contributed by atoms with E-state index in [0.29, 0.717) is 72.0 Å². The zero-order valence-electron chi connectivity index (χ0n) is 28.7. The number of carboxylic acids is 2. The van der Waals surface area contributed by atoms with Gasteiger partial charge in [0.15, 0.2) is 0 Å². The number of ether oxygens (including phenoxy) is 4. The van der Waals surface area contributed by atoms with Crippen molar-refractivity contribution in [2.75, 3.05) is 20.8 Å². The van der Waals surface area contributed by atoms with Crippen molar-refractivity contribution in [3.05, 3.63) is 104 Å². The molecular weight excluding hydrogens is 681 g/mol. The maximum absolute atomic E-state index is 10.8. The van der Waals surface area contributed by atoms with E-state index in [0.717, 1.165) is 44.5 Å². The summed E-state index contributed by atoms with van der Waals surface area (Å²) in [7, 11) is 3.16. The van der Waals surface area contributed by atoms with Crippen LogP contribution >= 0.6 is 23.2 Å². The van der Waals surface area contributed by atoms with E-state index < -0.39 is 11.9 Å². The molecule has 0 saturated heterocycles.